The molecule has 2 aliphatic rings. The number of anilines is 2. The topological polar surface area (TPSA) is 79.4 Å². The summed E-state index contributed by atoms with van der Waals surface area (Å²) in [5, 5.41) is 16.2. The first kappa shape index (κ1) is 38.1. The third-order valence-electron chi connectivity index (χ3n) is 4.78. The van der Waals surface area contributed by atoms with Crippen molar-refractivity contribution in [2.75, 3.05) is 59.2 Å². The fourth-order valence-electron chi connectivity index (χ4n) is 3.27. The molecule has 0 aromatic carbocycles. The number of hydrazine groups is 4. The molecule has 2 aromatic rings. The number of hydrogen-bond acceptors (Lipinski definition) is 16. The first-order valence-electron chi connectivity index (χ1n) is 11.1. The number of thiol groups is 2. The van der Waals surface area contributed by atoms with E-state index in [-0.39, 0.29) is 8.64 Å². The van der Waals surface area contributed by atoms with Crippen LogP contribution in [0.4, 0.5) is 10.3 Å². The molecule has 10 nitrogen and oxygen atoms in total. The van der Waals surface area contributed by atoms with Crippen molar-refractivity contribution in [1.29, 1.82) is 0 Å². The zero-order chi connectivity index (χ0) is 30.4. The van der Waals surface area contributed by atoms with E-state index in [4.69, 9.17) is 80.9 Å². The molecule has 0 N–H and O–H groups in total. The van der Waals surface area contributed by atoms with Crippen LogP contribution in [0.5, 0.6) is 0 Å². The molecule has 224 valence electrons. The van der Waals surface area contributed by atoms with Crippen LogP contribution in [0.3, 0.4) is 0 Å². The van der Waals surface area contributed by atoms with Crippen molar-refractivity contribution in [1.82, 2.24) is 30.2 Å². The number of hydrogen-bond donors (Lipinski definition) is 2. The van der Waals surface area contributed by atoms with Gasteiger partial charge in [-0.15, -0.1) is 47.9 Å². The van der Waals surface area contributed by atoms with Gasteiger partial charge in [-0.25, -0.2) is 20.0 Å². The minimum atomic E-state index is -2.03. The predicted octanol–water partition coefficient (Wildman–Crippen LogP) is 4.11. The number of thiazole rings is 2. The average Bonchev–Trinajstić information content (AvgIpc) is 3.66. The van der Waals surface area contributed by atoms with Crippen LogP contribution in [-0.4, -0.2) is 96.7 Å². The molecular weight excluding hydrogens is 841 g/mol. The zero-order valence-corrected chi connectivity index (χ0v) is 32.7. The summed E-state index contributed by atoms with van der Waals surface area (Å²) in [6, 6.07) is 0. The van der Waals surface area contributed by atoms with Gasteiger partial charge < -0.3 is 49.7 Å². The van der Waals surface area contributed by atoms with E-state index in [1.54, 1.807) is 32.6 Å². The molecule has 2 aromatic heterocycles. The van der Waals surface area contributed by atoms with Gasteiger partial charge in [-0.2, -0.15) is 43.8 Å². The molecule has 4 rings (SSSR count). The number of rotatable bonds is 4. The Bertz CT molecular complexity index is 1070. The van der Waals surface area contributed by atoms with Crippen LogP contribution in [0.2, 0.25) is 0 Å². The van der Waals surface area contributed by atoms with Crippen LogP contribution in [0.25, 0.3) is 0 Å². The van der Waals surface area contributed by atoms with Crippen molar-refractivity contribution in [3.8, 4) is 0 Å². The Balaban J connectivity index is 0.000000262. The molecule has 0 bridgehead atoms. The molecule has 0 unspecified atom stereocenters. The summed E-state index contributed by atoms with van der Waals surface area (Å²) in [6.07, 6.45) is 3.43. The van der Waals surface area contributed by atoms with Gasteiger partial charge >= 0.3 is 25.3 Å². The first-order chi connectivity index (χ1) is 19.6. The van der Waals surface area contributed by atoms with E-state index in [0.717, 1.165) is 49.2 Å². The second kappa shape index (κ2) is 20.8. The van der Waals surface area contributed by atoms with Crippen LogP contribution < -0.4 is 10.0 Å². The molecule has 0 spiro atoms. The van der Waals surface area contributed by atoms with Crippen LogP contribution in [0, 0.1) is 0 Å². The van der Waals surface area contributed by atoms with Gasteiger partial charge in [-0.1, -0.05) is 0 Å². The fraction of sp³-hybridized carbons (Fsp3) is 0.444. The van der Waals surface area contributed by atoms with E-state index < -0.39 is 18.5 Å². The first-order valence-corrected chi connectivity index (χ1v) is 20.1. The van der Waals surface area contributed by atoms with Crippen LogP contribution in [0.15, 0.2) is 23.2 Å². The molecule has 4 heterocycles. The molecule has 0 amide bonds. The van der Waals surface area contributed by atoms with E-state index >= 15 is 0 Å². The van der Waals surface area contributed by atoms with E-state index in [9.17, 15) is 0 Å². The standard InChI is InChI=1S/2C9H12N4S6.Mo.2O/c2*14-8(15)12(7-10-1-4-19-7)13(9(16)17)11-2-5-18-6-3-11;;;/h2*1,4H,2-3,5-6H2,(H,14,15)(H,16,17);;;/q;;+2;;/p-2. The van der Waals surface area contributed by atoms with Gasteiger partial charge in [0, 0.05) is 72.3 Å². The summed E-state index contributed by atoms with van der Waals surface area (Å²) in [5.41, 5.74) is 0. The van der Waals surface area contributed by atoms with Gasteiger partial charge in [-0.05, 0) is 33.1 Å². The molecule has 23 heteroatoms. The van der Waals surface area contributed by atoms with Gasteiger partial charge in [0.05, 0.1) is 0 Å². The summed E-state index contributed by atoms with van der Waals surface area (Å²) in [7, 11) is 0. The minimum absolute atomic E-state index is 0.282. The molecule has 0 aliphatic carbocycles. The van der Waals surface area contributed by atoms with Crippen molar-refractivity contribution in [3.05, 3.63) is 23.2 Å². The molecule has 2 aliphatic heterocycles. The van der Waals surface area contributed by atoms with E-state index in [2.05, 4.69) is 45.2 Å². The molecule has 2 fully saturated rings. The van der Waals surface area contributed by atoms with Crippen molar-refractivity contribution < 1.29 is 25.3 Å². The predicted molar refractivity (Wildman–Crippen MR) is 195 cm³/mol. The van der Waals surface area contributed by atoms with E-state index in [1.807, 2.05) is 34.3 Å². The maximum atomic E-state index is 8.50. The Kier molecular flexibility index (Phi) is 19.3. The molecule has 41 heavy (non-hydrogen) atoms. The molecule has 0 atom stereocenters. The monoisotopic (exact) mass is 864 g/mol. The Morgan fingerprint density at radius 2 is 1.07 bits per heavy atom. The van der Waals surface area contributed by atoms with Gasteiger partial charge in [-0.3, -0.25) is 0 Å². The molecule has 0 radical (unpaired) electrons. The number of thiocarbonyl (C=S) groups is 4. The van der Waals surface area contributed by atoms with Crippen LogP contribution >= 0.6 is 120 Å². The maximum absolute atomic E-state index is 8.50. The normalized spacial score (nSPS) is 15.1. The van der Waals surface area contributed by atoms with E-state index in [0.29, 0.717) is 18.9 Å². The van der Waals surface area contributed by atoms with Gasteiger partial charge in [0.1, 0.15) is 0 Å². The number of thioether (sulfide) groups is 2. The van der Waals surface area contributed by atoms with Crippen molar-refractivity contribution in [3.63, 3.8) is 0 Å². The Morgan fingerprint density at radius 1 is 0.756 bits per heavy atom. The Hall–Kier alpha value is 0.868. The summed E-state index contributed by atoms with van der Waals surface area (Å²) in [4.78, 5) is 8.52. The van der Waals surface area contributed by atoms with Crippen molar-refractivity contribution in [2.45, 2.75) is 0 Å². The van der Waals surface area contributed by atoms with Crippen LogP contribution in [0.1, 0.15) is 0 Å². The average molecular weight is 863 g/mol. The van der Waals surface area contributed by atoms with Crippen molar-refractivity contribution >= 4 is 173 Å². The zero-order valence-electron chi connectivity index (χ0n) is 20.7. The van der Waals surface area contributed by atoms with Gasteiger partial charge in [0.2, 0.25) is 10.3 Å². The third-order valence-corrected chi connectivity index (χ3v) is 9.53. The molecular formula is C18H22MoN8O2S12. The second-order valence-electron chi connectivity index (χ2n) is 7.13. The third kappa shape index (κ3) is 12.3. The molecule has 0 saturated carbocycles. The SMILES string of the molecule is S=C([S-])N(c1nccs1)N(C(=S)S)N1CCSCC1.S=C([S-])N(c1nccs1)N(C(=S)S)N1CCSCC1.[O]=[Mo+2]=[O]. The van der Waals surface area contributed by atoms with Gasteiger partial charge in [0.25, 0.3) is 0 Å². The Labute approximate surface area is 307 Å². The fourth-order valence-corrected chi connectivity index (χ4v) is 8.01. The number of nitrogens with zero attached hydrogens (tertiary/aromatic N) is 8. The summed E-state index contributed by atoms with van der Waals surface area (Å²) in [5.74, 6) is 4.18. The number of aromatic nitrogens is 2. The summed E-state index contributed by atoms with van der Waals surface area (Å²) >= 11 is 44.5. The second-order valence-corrected chi connectivity index (χ2v) is 15.9. The Morgan fingerprint density at radius 3 is 1.29 bits per heavy atom. The quantitative estimate of drug-likeness (QED) is 0.152. The molecule has 2 saturated heterocycles. The summed E-state index contributed by atoms with van der Waals surface area (Å²) < 4.78 is 18.4. The van der Waals surface area contributed by atoms with Crippen LogP contribution in [-0.2, 0) is 50.5 Å². The summed E-state index contributed by atoms with van der Waals surface area (Å²) in [6.45, 7) is 3.52. The van der Waals surface area contributed by atoms with Gasteiger partial charge in [0.15, 0.2) is 8.64 Å². The van der Waals surface area contributed by atoms with Crippen molar-refractivity contribution in [2.24, 2.45) is 0 Å². The van der Waals surface area contributed by atoms with E-state index in [1.165, 1.54) is 22.7 Å².